The van der Waals surface area contributed by atoms with E-state index in [1.54, 1.807) is 24.3 Å². The highest BCUT2D eigenvalue weighted by Gasteiger charge is 2.35. The lowest BCUT2D eigenvalue weighted by Crippen LogP contribution is -2.54. The highest BCUT2D eigenvalue weighted by Crippen LogP contribution is 2.20. The summed E-state index contributed by atoms with van der Waals surface area (Å²) in [4.78, 5) is 24.6. The molecule has 1 aliphatic heterocycles. The van der Waals surface area contributed by atoms with Crippen molar-refractivity contribution in [3.8, 4) is 0 Å². The predicted molar refractivity (Wildman–Crippen MR) is 93.9 cm³/mol. The summed E-state index contributed by atoms with van der Waals surface area (Å²) in [5.74, 6) is -0.338. The number of anilines is 1. The molecule has 6 heteroatoms. The first-order chi connectivity index (χ1) is 11.3. The Balaban J connectivity index is 1.99. The number of carbonyl (C=O) groups excluding carboxylic acids is 2. The Morgan fingerprint density at radius 2 is 1.79 bits per heavy atom. The number of benzene rings is 1. The second kappa shape index (κ2) is 7.32. The van der Waals surface area contributed by atoms with Gasteiger partial charge in [0.05, 0.1) is 0 Å². The van der Waals surface area contributed by atoms with Gasteiger partial charge in [0.1, 0.15) is 5.54 Å². The van der Waals surface area contributed by atoms with Gasteiger partial charge in [-0.3, -0.25) is 9.59 Å². The number of nitrogens with two attached hydrogens (primary N) is 1. The molecule has 0 saturated carbocycles. The minimum Gasteiger partial charge on any atom is -0.381 e. The summed E-state index contributed by atoms with van der Waals surface area (Å²) in [6.07, 6.45) is 1.85. The van der Waals surface area contributed by atoms with Gasteiger partial charge in [-0.05, 0) is 57.4 Å². The van der Waals surface area contributed by atoms with Crippen LogP contribution in [0.2, 0.25) is 0 Å². The van der Waals surface area contributed by atoms with Crippen molar-refractivity contribution >= 4 is 17.5 Å². The second-order valence-corrected chi connectivity index (χ2v) is 6.99. The maximum absolute atomic E-state index is 12.4. The minimum absolute atomic E-state index is 0.126. The number of hydrogen-bond acceptors (Lipinski definition) is 4. The van der Waals surface area contributed by atoms with Gasteiger partial charge < -0.3 is 21.1 Å². The first kappa shape index (κ1) is 18.4. The van der Waals surface area contributed by atoms with E-state index in [0.717, 1.165) is 6.42 Å². The zero-order valence-corrected chi connectivity index (χ0v) is 14.6. The fourth-order valence-corrected chi connectivity index (χ4v) is 2.39. The molecule has 1 aromatic carbocycles. The predicted octanol–water partition coefficient (Wildman–Crippen LogP) is 2.05. The number of nitrogens with one attached hydrogen (secondary N) is 2. The lowest BCUT2D eigenvalue weighted by atomic mass is 9.90. The van der Waals surface area contributed by atoms with Gasteiger partial charge >= 0.3 is 0 Å². The van der Waals surface area contributed by atoms with E-state index in [4.69, 9.17) is 10.5 Å². The number of hydrogen-bond donors (Lipinski definition) is 3. The van der Waals surface area contributed by atoms with E-state index in [-0.39, 0.29) is 17.4 Å². The molecule has 1 aliphatic rings. The molecule has 0 unspecified atom stereocenters. The molecule has 4 N–H and O–H groups in total. The van der Waals surface area contributed by atoms with Gasteiger partial charge in [-0.2, -0.15) is 0 Å². The Morgan fingerprint density at radius 3 is 2.33 bits per heavy atom. The average Bonchev–Trinajstić information content (AvgIpc) is 2.55. The average molecular weight is 333 g/mol. The van der Waals surface area contributed by atoms with E-state index >= 15 is 0 Å². The first-order valence-electron chi connectivity index (χ1n) is 8.36. The standard InChI is InChI=1S/C18H27N3O3/c1-4-17(2,3)21-15(22)13-5-7-14(8-6-13)20-16(23)18(19)9-11-24-12-10-18/h5-8H,4,9-12,19H2,1-3H3,(H,20,23)(H,21,22). The zero-order valence-electron chi connectivity index (χ0n) is 14.6. The normalized spacial score (nSPS) is 17.2. The van der Waals surface area contributed by atoms with Crippen LogP contribution in [-0.4, -0.2) is 36.1 Å². The molecule has 1 fully saturated rings. The summed E-state index contributed by atoms with van der Waals surface area (Å²) >= 11 is 0. The van der Waals surface area contributed by atoms with Crippen LogP contribution in [0.15, 0.2) is 24.3 Å². The van der Waals surface area contributed by atoms with Crippen LogP contribution in [0.5, 0.6) is 0 Å². The van der Waals surface area contributed by atoms with Crippen LogP contribution in [-0.2, 0) is 9.53 Å². The van der Waals surface area contributed by atoms with Crippen LogP contribution in [0, 0.1) is 0 Å². The Labute approximate surface area is 143 Å². The van der Waals surface area contributed by atoms with Gasteiger partial charge in [-0.25, -0.2) is 0 Å². The Hall–Kier alpha value is -1.92. The van der Waals surface area contributed by atoms with Crippen LogP contribution in [0.1, 0.15) is 50.4 Å². The lowest BCUT2D eigenvalue weighted by Gasteiger charge is -2.31. The SMILES string of the molecule is CCC(C)(C)NC(=O)c1ccc(NC(=O)C2(N)CCOCC2)cc1. The number of ether oxygens (including phenoxy) is 1. The number of carbonyl (C=O) groups is 2. The molecular weight excluding hydrogens is 306 g/mol. The van der Waals surface area contributed by atoms with Crippen molar-refractivity contribution in [3.05, 3.63) is 29.8 Å². The molecule has 0 atom stereocenters. The van der Waals surface area contributed by atoms with Crippen molar-refractivity contribution in [2.24, 2.45) is 5.73 Å². The highest BCUT2D eigenvalue weighted by atomic mass is 16.5. The van der Waals surface area contributed by atoms with E-state index < -0.39 is 5.54 Å². The van der Waals surface area contributed by atoms with E-state index in [9.17, 15) is 9.59 Å². The third-order valence-corrected chi connectivity index (χ3v) is 4.58. The van der Waals surface area contributed by atoms with E-state index in [0.29, 0.717) is 37.3 Å². The molecule has 1 heterocycles. The van der Waals surface area contributed by atoms with Gasteiger partial charge in [0.2, 0.25) is 5.91 Å². The third-order valence-electron chi connectivity index (χ3n) is 4.58. The summed E-state index contributed by atoms with van der Waals surface area (Å²) in [6, 6.07) is 6.83. The lowest BCUT2D eigenvalue weighted by molar-refractivity contribution is -0.124. The van der Waals surface area contributed by atoms with E-state index in [1.807, 2.05) is 20.8 Å². The van der Waals surface area contributed by atoms with Crippen LogP contribution < -0.4 is 16.4 Å². The summed E-state index contributed by atoms with van der Waals surface area (Å²) < 4.78 is 5.25. The van der Waals surface area contributed by atoms with Gasteiger partial charge in [0, 0.05) is 30.0 Å². The molecule has 0 aromatic heterocycles. The van der Waals surface area contributed by atoms with Crippen molar-refractivity contribution in [3.63, 3.8) is 0 Å². The molecule has 0 spiro atoms. The first-order valence-corrected chi connectivity index (χ1v) is 8.36. The maximum Gasteiger partial charge on any atom is 0.251 e. The van der Waals surface area contributed by atoms with Crippen LogP contribution >= 0.6 is 0 Å². The molecule has 6 nitrogen and oxygen atoms in total. The second-order valence-electron chi connectivity index (χ2n) is 6.99. The summed E-state index contributed by atoms with van der Waals surface area (Å²) in [6.45, 7) is 6.98. The maximum atomic E-state index is 12.4. The Morgan fingerprint density at radius 1 is 1.21 bits per heavy atom. The smallest absolute Gasteiger partial charge is 0.251 e. The van der Waals surface area contributed by atoms with Crippen molar-refractivity contribution in [1.29, 1.82) is 0 Å². The van der Waals surface area contributed by atoms with Gasteiger partial charge in [-0.15, -0.1) is 0 Å². The molecule has 24 heavy (non-hydrogen) atoms. The van der Waals surface area contributed by atoms with Gasteiger partial charge in [-0.1, -0.05) is 6.92 Å². The summed E-state index contributed by atoms with van der Waals surface area (Å²) in [7, 11) is 0. The monoisotopic (exact) mass is 333 g/mol. The van der Waals surface area contributed by atoms with Crippen molar-refractivity contribution < 1.29 is 14.3 Å². The van der Waals surface area contributed by atoms with Crippen molar-refractivity contribution in [2.75, 3.05) is 18.5 Å². The summed E-state index contributed by atoms with van der Waals surface area (Å²) in [5.41, 5.74) is 6.20. The Kier molecular flexibility index (Phi) is 5.62. The zero-order chi connectivity index (χ0) is 17.8. The van der Waals surface area contributed by atoms with Crippen molar-refractivity contribution in [1.82, 2.24) is 5.32 Å². The molecule has 2 rings (SSSR count). The summed E-state index contributed by atoms with van der Waals surface area (Å²) in [5, 5.41) is 5.81. The minimum atomic E-state index is -0.889. The number of rotatable bonds is 5. The van der Waals surface area contributed by atoms with Crippen LogP contribution in [0.4, 0.5) is 5.69 Å². The molecule has 132 valence electrons. The van der Waals surface area contributed by atoms with Crippen LogP contribution in [0.25, 0.3) is 0 Å². The fraction of sp³-hybridized carbons (Fsp3) is 0.556. The molecule has 2 amide bonds. The largest absolute Gasteiger partial charge is 0.381 e. The molecule has 0 bridgehead atoms. The topological polar surface area (TPSA) is 93.5 Å². The molecule has 0 aliphatic carbocycles. The van der Waals surface area contributed by atoms with Crippen molar-refractivity contribution in [2.45, 2.75) is 51.1 Å². The van der Waals surface area contributed by atoms with Gasteiger partial charge in [0.15, 0.2) is 0 Å². The highest BCUT2D eigenvalue weighted by molar-refractivity contribution is 5.99. The molecule has 1 saturated heterocycles. The number of amides is 2. The fourth-order valence-electron chi connectivity index (χ4n) is 2.39. The van der Waals surface area contributed by atoms with Gasteiger partial charge in [0.25, 0.3) is 5.91 Å². The molecular formula is C18H27N3O3. The van der Waals surface area contributed by atoms with E-state index in [1.165, 1.54) is 0 Å². The molecule has 1 aromatic rings. The van der Waals surface area contributed by atoms with E-state index in [2.05, 4.69) is 10.6 Å². The Bertz CT molecular complexity index is 590. The molecule has 0 radical (unpaired) electrons. The quantitative estimate of drug-likeness (QED) is 0.769. The third kappa shape index (κ3) is 4.55. The van der Waals surface area contributed by atoms with Crippen LogP contribution in [0.3, 0.4) is 0 Å².